The molecule has 240 valence electrons. The molecule has 0 bridgehead atoms. The summed E-state index contributed by atoms with van der Waals surface area (Å²) in [4.78, 5) is 30.9. The van der Waals surface area contributed by atoms with E-state index >= 15 is 0 Å². The van der Waals surface area contributed by atoms with E-state index in [0.29, 0.717) is 42.6 Å². The highest BCUT2D eigenvalue weighted by Gasteiger charge is 2.42. The summed E-state index contributed by atoms with van der Waals surface area (Å²) in [5.74, 6) is 0.471. The van der Waals surface area contributed by atoms with Gasteiger partial charge in [0.05, 0.1) is 12.5 Å². The summed E-state index contributed by atoms with van der Waals surface area (Å²) in [6, 6.07) is 25.0. The van der Waals surface area contributed by atoms with Crippen LogP contribution in [0.15, 0.2) is 78.9 Å². The first kappa shape index (κ1) is 31.9. The summed E-state index contributed by atoms with van der Waals surface area (Å²) >= 11 is 6.13. The van der Waals surface area contributed by atoms with Crippen LogP contribution in [-0.4, -0.2) is 56.1 Å². The maximum Gasteiger partial charge on any atom is 0.251 e. The number of hydrogen-bond acceptors (Lipinski definition) is 6. The number of tetrazole rings is 1. The highest BCUT2D eigenvalue weighted by atomic mass is 35.5. The zero-order chi connectivity index (χ0) is 32.1. The first-order chi connectivity index (χ1) is 22.3. The van der Waals surface area contributed by atoms with Crippen molar-refractivity contribution in [2.24, 2.45) is 11.3 Å². The molecule has 46 heavy (non-hydrogen) atoms. The van der Waals surface area contributed by atoms with Gasteiger partial charge >= 0.3 is 0 Å². The number of nitrogens with one attached hydrogen (secondary N) is 1. The first-order valence-electron chi connectivity index (χ1n) is 16.1. The predicted octanol–water partition coefficient (Wildman–Crippen LogP) is 6.50. The van der Waals surface area contributed by atoms with Crippen LogP contribution in [0.3, 0.4) is 0 Å². The molecule has 2 fully saturated rings. The molecule has 1 saturated carbocycles. The molecule has 1 aliphatic carbocycles. The molecule has 3 atom stereocenters. The molecule has 2 aliphatic rings. The van der Waals surface area contributed by atoms with Crippen molar-refractivity contribution in [3.05, 3.63) is 101 Å². The van der Waals surface area contributed by atoms with Gasteiger partial charge in [0.1, 0.15) is 0 Å². The van der Waals surface area contributed by atoms with E-state index in [1.165, 1.54) is 10.4 Å². The smallest absolute Gasteiger partial charge is 0.251 e. The number of aromatic nitrogens is 4. The average molecular weight is 641 g/mol. The Hall–Kier alpha value is -4.08. The van der Waals surface area contributed by atoms with E-state index in [1.807, 2.05) is 59.5 Å². The van der Waals surface area contributed by atoms with Crippen molar-refractivity contribution in [1.82, 2.24) is 30.4 Å². The first-order valence-corrected chi connectivity index (χ1v) is 16.5. The Balaban J connectivity index is 1.07. The van der Waals surface area contributed by atoms with E-state index in [2.05, 4.69) is 46.7 Å². The standard InChI is InChI=1S/C36H41ClN6O3/c1-36(2)23-42(20-19-31(36)26-15-17-29(37)18-16-26)35(45)30-13-6-7-14-32(30)38-34(44)28-12-8-11-27(21-28)33-39-41-43(40-33)24-46-22-25-9-4-3-5-10-25/h3-5,8-12,15-18,21,30-32H,6-7,13-14,19-20,22-24H2,1-2H3,(H,38,44). The topological polar surface area (TPSA) is 102 Å². The lowest BCUT2D eigenvalue weighted by atomic mass is 9.70. The van der Waals surface area contributed by atoms with Crippen molar-refractivity contribution in [2.45, 2.75) is 71.2 Å². The number of rotatable bonds is 9. The fourth-order valence-electron chi connectivity index (χ4n) is 6.98. The van der Waals surface area contributed by atoms with Gasteiger partial charge in [-0.2, -0.15) is 0 Å². The molecule has 1 N–H and O–H groups in total. The van der Waals surface area contributed by atoms with Crippen LogP contribution in [0.5, 0.6) is 0 Å². The average Bonchev–Trinajstić information content (AvgIpc) is 3.54. The fourth-order valence-corrected chi connectivity index (χ4v) is 7.10. The Morgan fingerprint density at radius 3 is 2.54 bits per heavy atom. The molecule has 0 spiro atoms. The number of halogens is 1. The van der Waals surface area contributed by atoms with Crippen LogP contribution >= 0.6 is 11.6 Å². The lowest BCUT2D eigenvalue weighted by Crippen LogP contribution is -2.54. The van der Waals surface area contributed by atoms with E-state index < -0.39 is 0 Å². The summed E-state index contributed by atoms with van der Waals surface area (Å²) in [7, 11) is 0. The third kappa shape index (κ3) is 7.48. The molecule has 10 heteroatoms. The summed E-state index contributed by atoms with van der Waals surface area (Å²) in [5.41, 5.74) is 3.42. The molecule has 3 aromatic carbocycles. The van der Waals surface area contributed by atoms with E-state index in [1.54, 1.807) is 12.1 Å². The molecule has 3 unspecified atom stereocenters. The maximum atomic E-state index is 14.0. The van der Waals surface area contributed by atoms with Crippen molar-refractivity contribution in [3.63, 3.8) is 0 Å². The maximum absolute atomic E-state index is 14.0. The van der Waals surface area contributed by atoms with Crippen molar-refractivity contribution >= 4 is 23.4 Å². The SMILES string of the molecule is CC1(C)CN(C(=O)C2CCCCC2NC(=O)c2cccc(-c3nnn(COCc4ccccc4)n3)c2)CCC1c1ccc(Cl)cc1. The molecule has 1 saturated heterocycles. The molecule has 2 heterocycles. The number of benzene rings is 3. The van der Waals surface area contributed by atoms with Gasteiger partial charge in [0, 0.05) is 35.3 Å². The summed E-state index contributed by atoms with van der Waals surface area (Å²) in [6.45, 7) is 6.48. The number of piperidine rings is 1. The molecule has 4 aromatic rings. The number of carbonyl (C=O) groups excluding carboxylic acids is 2. The van der Waals surface area contributed by atoms with Crippen molar-refractivity contribution in [1.29, 1.82) is 0 Å². The van der Waals surface area contributed by atoms with Gasteiger partial charge in [0.15, 0.2) is 6.73 Å². The normalized spacial score (nSPS) is 21.1. The van der Waals surface area contributed by atoms with Gasteiger partial charge in [-0.05, 0) is 71.2 Å². The van der Waals surface area contributed by atoms with Gasteiger partial charge in [-0.25, -0.2) is 0 Å². The lowest BCUT2D eigenvalue weighted by Gasteiger charge is -2.46. The molecule has 1 aliphatic heterocycles. The highest BCUT2D eigenvalue weighted by molar-refractivity contribution is 6.30. The van der Waals surface area contributed by atoms with E-state index in [4.69, 9.17) is 16.3 Å². The molecular weight excluding hydrogens is 600 g/mol. The van der Waals surface area contributed by atoms with Gasteiger partial charge in [0.2, 0.25) is 11.7 Å². The number of ether oxygens (including phenoxy) is 1. The number of hydrogen-bond donors (Lipinski definition) is 1. The Morgan fingerprint density at radius 1 is 0.978 bits per heavy atom. The molecule has 9 nitrogen and oxygen atoms in total. The predicted molar refractivity (Wildman–Crippen MR) is 177 cm³/mol. The van der Waals surface area contributed by atoms with Crippen molar-refractivity contribution < 1.29 is 14.3 Å². The number of amides is 2. The third-order valence-corrected chi connectivity index (χ3v) is 9.62. The van der Waals surface area contributed by atoms with Gasteiger partial charge in [0.25, 0.3) is 5.91 Å². The van der Waals surface area contributed by atoms with Gasteiger partial charge in [-0.15, -0.1) is 15.0 Å². The van der Waals surface area contributed by atoms with Gasteiger partial charge in [-0.1, -0.05) is 92.9 Å². The minimum absolute atomic E-state index is 0.0838. The Morgan fingerprint density at radius 2 is 1.76 bits per heavy atom. The van der Waals surface area contributed by atoms with Crippen LogP contribution in [0, 0.1) is 11.3 Å². The summed E-state index contributed by atoms with van der Waals surface area (Å²) in [5, 5.41) is 16.7. The molecular formula is C36H41ClN6O3. The van der Waals surface area contributed by atoms with Crippen LogP contribution in [0.1, 0.15) is 73.4 Å². The van der Waals surface area contributed by atoms with Crippen LogP contribution < -0.4 is 5.32 Å². The minimum Gasteiger partial charge on any atom is -0.353 e. The summed E-state index contributed by atoms with van der Waals surface area (Å²) < 4.78 is 5.71. The quantitative estimate of drug-likeness (QED) is 0.224. The van der Waals surface area contributed by atoms with Gasteiger partial charge in [-0.3, -0.25) is 9.59 Å². The third-order valence-electron chi connectivity index (χ3n) is 9.37. The second-order valence-electron chi connectivity index (χ2n) is 13.1. The van der Waals surface area contributed by atoms with Crippen LogP contribution in [0.25, 0.3) is 11.4 Å². The van der Waals surface area contributed by atoms with Crippen molar-refractivity contribution in [3.8, 4) is 11.4 Å². The van der Waals surface area contributed by atoms with E-state index in [9.17, 15) is 9.59 Å². The number of likely N-dealkylation sites (tertiary alicyclic amines) is 1. The van der Waals surface area contributed by atoms with Crippen LogP contribution in [-0.2, 0) is 22.9 Å². The monoisotopic (exact) mass is 640 g/mol. The van der Waals surface area contributed by atoms with Crippen LogP contribution in [0.4, 0.5) is 0 Å². The van der Waals surface area contributed by atoms with E-state index in [0.717, 1.165) is 42.7 Å². The minimum atomic E-state index is -0.235. The van der Waals surface area contributed by atoms with Crippen LogP contribution in [0.2, 0.25) is 5.02 Å². The van der Waals surface area contributed by atoms with E-state index in [-0.39, 0.29) is 35.9 Å². The zero-order valence-electron chi connectivity index (χ0n) is 26.4. The Labute approximate surface area is 275 Å². The largest absolute Gasteiger partial charge is 0.353 e. The molecule has 0 radical (unpaired) electrons. The fraction of sp³-hybridized carbons (Fsp3) is 0.417. The summed E-state index contributed by atoms with van der Waals surface area (Å²) in [6.07, 6.45) is 4.43. The number of carbonyl (C=O) groups is 2. The Kier molecular flexibility index (Phi) is 9.80. The zero-order valence-corrected chi connectivity index (χ0v) is 27.2. The lowest BCUT2D eigenvalue weighted by molar-refractivity contribution is -0.141. The number of nitrogens with zero attached hydrogens (tertiary/aromatic N) is 5. The van der Waals surface area contributed by atoms with Gasteiger partial charge < -0.3 is 15.0 Å². The Bertz CT molecular complexity index is 1640. The van der Waals surface area contributed by atoms with Crippen molar-refractivity contribution in [2.75, 3.05) is 13.1 Å². The molecule has 2 amide bonds. The second-order valence-corrected chi connectivity index (χ2v) is 13.6. The second kappa shape index (κ2) is 14.1. The highest BCUT2D eigenvalue weighted by Crippen LogP contribution is 2.43. The molecule has 1 aromatic heterocycles. The molecule has 6 rings (SSSR count).